The topological polar surface area (TPSA) is 80.5 Å². The summed E-state index contributed by atoms with van der Waals surface area (Å²) in [7, 11) is 0. The van der Waals surface area contributed by atoms with Gasteiger partial charge in [0.1, 0.15) is 5.82 Å². The molecule has 2 aromatic rings. The first-order valence-corrected chi connectivity index (χ1v) is 5.92. The molecule has 0 amide bonds. The Morgan fingerprint density at radius 2 is 2.00 bits per heavy atom. The third-order valence-corrected chi connectivity index (χ3v) is 2.73. The first kappa shape index (κ1) is 12.3. The van der Waals surface area contributed by atoms with Crippen LogP contribution in [-0.4, -0.2) is 14.8 Å². The highest BCUT2D eigenvalue weighted by Crippen LogP contribution is 2.19. The molecule has 92 valence electrons. The zero-order valence-corrected chi connectivity index (χ0v) is 10.3. The average molecular weight is 241 g/mol. The lowest BCUT2D eigenvalue weighted by atomic mass is 10.1. The van der Waals surface area contributed by atoms with Gasteiger partial charge in [0.15, 0.2) is 5.82 Å². The van der Waals surface area contributed by atoms with E-state index in [-0.39, 0.29) is 0 Å². The van der Waals surface area contributed by atoms with Gasteiger partial charge in [-0.25, -0.2) is 0 Å². The van der Waals surface area contributed by atoms with E-state index < -0.39 is 0 Å². The Labute approximate surface area is 106 Å². The highest BCUT2D eigenvalue weighted by molar-refractivity contribution is 5.56. The van der Waals surface area contributed by atoms with Crippen molar-refractivity contribution in [1.29, 1.82) is 5.26 Å². The molecule has 0 atom stereocenters. The van der Waals surface area contributed by atoms with Crippen LogP contribution in [-0.2, 0) is 13.1 Å². The van der Waals surface area contributed by atoms with E-state index in [1.165, 1.54) is 0 Å². The molecule has 0 aliphatic carbocycles. The lowest BCUT2D eigenvalue weighted by molar-refractivity contribution is 0.644. The summed E-state index contributed by atoms with van der Waals surface area (Å²) in [4.78, 5) is 0. The van der Waals surface area contributed by atoms with Gasteiger partial charge in [-0.1, -0.05) is 6.92 Å². The number of benzene rings is 1. The molecule has 0 saturated heterocycles. The zero-order chi connectivity index (χ0) is 13.0. The van der Waals surface area contributed by atoms with E-state index in [1.54, 1.807) is 12.1 Å². The van der Waals surface area contributed by atoms with Crippen molar-refractivity contribution in [3.63, 3.8) is 0 Å². The fourth-order valence-electron chi connectivity index (χ4n) is 1.85. The average Bonchev–Trinajstić information content (AvgIpc) is 2.82. The number of nitrogens with two attached hydrogens (primary N) is 1. The summed E-state index contributed by atoms with van der Waals surface area (Å²) in [6, 6.07) is 9.43. The standard InChI is InChI=1S/C13H15N5/c1-2-7-18-12(9-15)16-17-13(18)11-5-3-10(8-14)4-6-11/h3-6H,2,7,9,15H2,1H3. The summed E-state index contributed by atoms with van der Waals surface area (Å²) in [5.41, 5.74) is 7.24. The van der Waals surface area contributed by atoms with Crippen LogP contribution in [0.5, 0.6) is 0 Å². The predicted octanol–water partition coefficient (Wildman–Crippen LogP) is 1.69. The molecule has 0 aliphatic heterocycles. The Hall–Kier alpha value is -2.19. The lowest BCUT2D eigenvalue weighted by Crippen LogP contribution is -2.09. The number of aromatic nitrogens is 3. The third kappa shape index (κ3) is 2.24. The number of hydrogen-bond donors (Lipinski definition) is 1. The molecule has 0 fully saturated rings. The van der Waals surface area contributed by atoms with Gasteiger partial charge in [-0.15, -0.1) is 10.2 Å². The molecular formula is C13H15N5. The van der Waals surface area contributed by atoms with Crippen molar-refractivity contribution in [2.24, 2.45) is 5.73 Å². The van der Waals surface area contributed by atoms with Crippen LogP contribution in [0.25, 0.3) is 11.4 Å². The molecule has 0 spiro atoms. The van der Waals surface area contributed by atoms with E-state index in [9.17, 15) is 0 Å². The fourth-order valence-corrected chi connectivity index (χ4v) is 1.85. The van der Waals surface area contributed by atoms with Crippen molar-refractivity contribution >= 4 is 0 Å². The number of hydrogen-bond acceptors (Lipinski definition) is 4. The second-order valence-electron chi connectivity index (χ2n) is 3.98. The molecule has 1 aromatic heterocycles. The fraction of sp³-hybridized carbons (Fsp3) is 0.308. The van der Waals surface area contributed by atoms with Gasteiger partial charge >= 0.3 is 0 Å². The molecule has 0 bridgehead atoms. The largest absolute Gasteiger partial charge is 0.324 e. The maximum absolute atomic E-state index is 8.78. The molecule has 0 saturated carbocycles. The van der Waals surface area contributed by atoms with Crippen LogP contribution >= 0.6 is 0 Å². The maximum atomic E-state index is 8.78. The van der Waals surface area contributed by atoms with Gasteiger partial charge in [0.2, 0.25) is 0 Å². The quantitative estimate of drug-likeness (QED) is 0.883. The van der Waals surface area contributed by atoms with Crippen molar-refractivity contribution in [1.82, 2.24) is 14.8 Å². The van der Waals surface area contributed by atoms with Crippen LogP contribution in [0.3, 0.4) is 0 Å². The van der Waals surface area contributed by atoms with E-state index >= 15 is 0 Å². The van der Waals surface area contributed by atoms with E-state index in [0.29, 0.717) is 12.1 Å². The maximum Gasteiger partial charge on any atom is 0.163 e. The normalized spacial score (nSPS) is 10.3. The van der Waals surface area contributed by atoms with Gasteiger partial charge in [-0.05, 0) is 30.7 Å². The van der Waals surface area contributed by atoms with Crippen LogP contribution in [0.15, 0.2) is 24.3 Å². The molecule has 1 heterocycles. The summed E-state index contributed by atoms with van der Waals surface area (Å²) in [6.45, 7) is 3.32. The molecule has 5 nitrogen and oxygen atoms in total. The van der Waals surface area contributed by atoms with E-state index in [0.717, 1.165) is 30.2 Å². The van der Waals surface area contributed by atoms with E-state index in [1.807, 2.05) is 16.7 Å². The smallest absolute Gasteiger partial charge is 0.163 e. The van der Waals surface area contributed by atoms with Crippen LogP contribution in [0.1, 0.15) is 24.7 Å². The van der Waals surface area contributed by atoms with Crippen molar-refractivity contribution in [3.05, 3.63) is 35.7 Å². The molecule has 0 unspecified atom stereocenters. The van der Waals surface area contributed by atoms with Gasteiger partial charge in [0.05, 0.1) is 18.2 Å². The Morgan fingerprint density at radius 1 is 1.28 bits per heavy atom. The summed E-state index contributed by atoms with van der Waals surface area (Å²) in [5.74, 6) is 1.60. The zero-order valence-electron chi connectivity index (χ0n) is 10.3. The molecule has 5 heteroatoms. The summed E-state index contributed by atoms with van der Waals surface area (Å²) < 4.78 is 2.03. The first-order valence-electron chi connectivity index (χ1n) is 5.92. The molecule has 18 heavy (non-hydrogen) atoms. The summed E-state index contributed by atoms with van der Waals surface area (Å²) >= 11 is 0. The second-order valence-corrected chi connectivity index (χ2v) is 3.98. The second kappa shape index (κ2) is 5.43. The Balaban J connectivity index is 2.43. The van der Waals surface area contributed by atoms with Crippen molar-refractivity contribution in [3.8, 4) is 17.5 Å². The van der Waals surface area contributed by atoms with Gasteiger partial charge in [0.25, 0.3) is 0 Å². The van der Waals surface area contributed by atoms with Crippen molar-refractivity contribution in [2.45, 2.75) is 26.4 Å². The van der Waals surface area contributed by atoms with Crippen molar-refractivity contribution < 1.29 is 0 Å². The molecule has 0 radical (unpaired) electrons. The van der Waals surface area contributed by atoms with Gasteiger partial charge < -0.3 is 10.3 Å². The van der Waals surface area contributed by atoms with Crippen LogP contribution < -0.4 is 5.73 Å². The van der Waals surface area contributed by atoms with Gasteiger partial charge in [0, 0.05) is 12.1 Å². The van der Waals surface area contributed by atoms with Gasteiger partial charge in [-0.2, -0.15) is 5.26 Å². The molecule has 2 N–H and O–H groups in total. The van der Waals surface area contributed by atoms with E-state index in [2.05, 4.69) is 23.2 Å². The highest BCUT2D eigenvalue weighted by Gasteiger charge is 2.11. The third-order valence-electron chi connectivity index (χ3n) is 2.73. The Morgan fingerprint density at radius 3 is 2.56 bits per heavy atom. The number of rotatable bonds is 4. The van der Waals surface area contributed by atoms with E-state index in [4.69, 9.17) is 11.0 Å². The minimum absolute atomic E-state index is 0.378. The summed E-state index contributed by atoms with van der Waals surface area (Å²) in [6.07, 6.45) is 0.994. The Kier molecular flexibility index (Phi) is 3.70. The molecule has 0 aliphatic rings. The van der Waals surface area contributed by atoms with Gasteiger partial charge in [-0.3, -0.25) is 0 Å². The number of nitrogens with zero attached hydrogens (tertiary/aromatic N) is 4. The van der Waals surface area contributed by atoms with Crippen molar-refractivity contribution in [2.75, 3.05) is 0 Å². The van der Waals surface area contributed by atoms with Crippen LogP contribution in [0.2, 0.25) is 0 Å². The molecule has 1 aromatic carbocycles. The minimum Gasteiger partial charge on any atom is -0.324 e. The predicted molar refractivity (Wildman–Crippen MR) is 68.4 cm³/mol. The van der Waals surface area contributed by atoms with Crippen LogP contribution in [0.4, 0.5) is 0 Å². The van der Waals surface area contributed by atoms with Crippen LogP contribution in [0, 0.1) is 11.3 Å². The molecular weight excluding hydrogens is 226 g/mol. The molecule has 2 rings (SSSR count). The Bertz CT molecular complexity index is 562. The SMILES string of the molecule is CCCn1c(CN)nnc1-c1ccc(C#N)cc1. The number of nitriles is 1. The lowest BCUT2D eigenvalue weighted by Gasteiger charge is -2.07. The minimum atomic E-state index is 0.378. The first-order chi connectivity index (χ1) is 8.80. The monoisotopic (exact) mass is 241 g/mol. The summed E-state index contributed by atoms with van der Waals surface area (Å²) in [5, 5.41) is 17.1. The highest BCUT2D eigenvalue weighted by atomic mass is 15.3.